The monoisotopic (exact) mass is 559 g/mol. The van der Waals surface area contributed by atoms with Crippen LogP contribution in [0.3, 0.4) is 0 Å². The van der Waals surface area contributed by atoms with Gasteiger partial charge in [-0.3, -0.25) is 13.9 Å². The molecule has 0 aromatic heterocycles. The maximum atomic E-state index is 13.6. The number of benzene rings is 2. The molecule has 0 saturated heterocycles. The zero-order chi connectivity index (χ0) is 25.8. The summed E-state index contributed by atoms with van der Waals surface area (Å²) in [5.74, 6) is -0.862. The molecule has 0 spiro atoms. The minimum atomic E-state index is -3.91. The van der Waals surface area contributed by atoms with Crippen molar-refractivity contribution in [3.8, 4) is 0 Å². The molecular formula is C24H28Cl3N3O4S. The Morgan fingerprint density at radius 1 is 1.09 bits per heavy atom. The van der Waals surface area contributed by atoms with Gasteiger partial charge in [0.05, 0.1) is 22.0 Å². The van der Waals surface area contributed by atoms with Crippen molar-refractivity contribution in [2.45, 2.75) is 51.2 Å². The number of carbonyl (C=O) groups is 2. The van der Waals surface area contributed by atoms with Crippen molar-refractivity contribution in [2.75, 3.05) is 17.1 Å². The quantitative estimate of drug-likeness (QED) is 0.473. The fourth-order valence-electron chi connectivity index (χ4n) is 4.09. The second kappa shape index (κ2) is 11.8. The third-order valence-corrected chi connectivity index (χ3v) is 8.16. The highest BCUT2D eigenvalue weighted by molar-refractivity contribution is 7.92. The zero-order valence-corrected chi connectivity index (χ0v) is 22.6. The van der Waals surface area contributed by atoms with E-state index >= 15 is 0 Å². The van der Waals surface area contributed by atoms with Crippen LogP contribution in [0, 0.1) is 0 Å². The average Bonchev–Trinajstić information content (AvgIpc) is 3.29. The summed E-state index contributed by atoms with van der Waals surface area (Å²) in [6.07, 6.45) is 4.88. The highest BCUT2D eigenvalue weighted by Crippen LogP contribution is 2.33. The van der Waals surface area contributed by atoms with E-state index in [0.717, 1.165) is 36.2 Å². The summed E-state index contributed by atoms with van der Waals surface area (Å²) in [4.78, 5) is 28.0. The van der Waals surface area contributed by atoms with Gasteiger partial charge in [-0.25, -0.2) is 8.42 Å². The summed E-state index contributed by atoms with van der Waals surface area (Å²) >= 11 is 18.5. The molecule has 11 heteroatoms. The lowest BCUT2D eigenvalue weighted by Crippen LogP contribution is -2.52. The highest BCUT2D eigenvalue weighted by Gasteiger charge is 2.32. The second-order valence-corrected chi connectivity index (χ2v) is 11.8. The van der Waals surface area contributed by atoms with E-state index in [1.165, 1.54) is 17.0 Å². The number of hydrogen-bond donors (Lipinski definition) is 1. The number of hydrogen-bond acceptors (Lipinski definition) is 4. The Bertz CT molecular complexity index is 1190. The van der Waals surface area contributed by atoms with E-state index in [1.807, 2.05) is 0 Å². The van der Waals surface area contributed by atoms with Gasteiger partial charge in [0.1, 0.15) is 12.6 Å². The average molecular weight is 561 g/mol. The lowest BCUT2D eigenvalue weighted by molar-refractivity contribution is -0.139. The third-order valence-electron chi connectivity index (χ3n) is 5.99. The molecule has 7 nitrogen and oxygen atoms in total. The first-order valence-corrected chi connectivity index (χ1v) is 14.2. The molecule has 0 radical (unpaired) electrons. The van der Waals surface area contributed by atoms with Crippen LogP contribution in [0.15, 0.2) is 42.5 Å². The molecule has 2 aromatic rings. The van der Waals surface area contributed by atoms with E-state index in [4.69, 9.17) is 34.8 Å². The van der Waals surface area contributed by atoms with Gasteiger partial charge in [-0.15, -0.1) is 0 Å². The first-order valence-electron chi connectivity index (χ1n) is 11.2. The van der Waals surface area contributed by atoms with Crippen LogP contribution in [0.2, 0.25) is 15.1 Å². The Kier molecular flexibility index (Phi) is 9.32. The summed E-state index contributed by atoms with van der Waals surface area (Å²) in [7, 11) is -3.91. The number of anilines is 1. The second-order valence-electron chi connectivity index (χ2n) is 8.66. The molecule has 0 bridgehead atoms. The van der Waals surface area contributed by atoms with E-state index in [0.29, 0.717) is 10.6 Å². The van der Waals surface area contributed by atoms with Gasteiger partial charge in [0, 0.05) is 17.6 Å². The molecule has 0 aliphatic heterocycles. The molecule has 190 valence electrons. The Labute approximate surface area is 221 Å². The predicted molar refractivity (Wildman–Crippen MR) is 141 cm³/mol. The van der Waals surface area contributed by atoms with Crippen LogP contribution >= 0.6 is 34.8 Å². The van der Waals surface area contributed by atoms with Gasteiger partial charge in [0.15, 0.2) is 0 Å². The van der Waals surface area contributed by atoms with Gasteiger partial charge in [-0.2, -0.15) is 0 Å². The van der Waals surface area contributed by atoms with Gasteiger partial charge in [0.25, 0.3) is 0 Å². The van der Waals surface area contributed by atoms with Crippen molar-refractivity contribution >= 4 is 62.3 Å². The molecule has 1 N–H and O–H groups in total. The van der Waals surface area contributed by atoms with Gasteiger partial charge in [-0.05, 0) is 49.6 Å². The maximum absolute atomic E-state index is 13.6. The number of rotatable bonds is 9. The number of halogens is 3. The van der Waals surface area contributed by atoms with E-state index in [2.05, 4.69) is 5.32 Å². The minimum Gasteiger partial charge on any atom is -0.352 e. The first-order chi connectivity index (χ1) is 16.5. The van der Waals surface area contributed by atoms with Gasteiger partial charge in [-0.1, -0.05) is 65.8 Å². The van der Waals surface area contributed by atoms with Crippen LogP contribution in [0.25, 0.3) is 0 Å². The lowest BCUT2D eigenvalue weighted by Gasteiger charge is -2.32. The molecule has 35 heavy (non-hydrogen) atoms. The summed E-state index contributed by atoms with van der Waals surface area (Å²) < 4.78 is 26.2. The molecule has 0 unspecified atom stereocenters. The van der Waals surface area contributed by atoms with Gasteiger partial charge in [0.2, 0.25) is 21.8 Å². The van der Waals surface area contributed by atoms with Crippen molar-refractivity contribution in [3.63, 3.8) is 0 Å². The van der Waals surface area contributed by atoms with Crippen LogP contribution < -0.4 is 9.62 Å². The van der Waals surface area contributed by atoms with Crippen molar-refractivity contribution in [1.29, 1.82) is 0 Å². The third kappa shape index (κ3) is 7.26. The molecule has 1 saturated carbocycles. The lowest BCUT2D eigenvalue weighted by atomic mass is 10.1. The van der Waals surface area contributed by atoms with E-state index in [-0.39, 0.29) is 34.2 Å². The number of nitrogens with one attached hydrogen (secondary N) is 1. The highest BCUT2D eigenvalue weighted by atomic mass is 35.5. The molecule has 1 atom stereocenters. The van der Waals surface area contributed by atoms with Crippen LogP contribution in [0.1, 0.15) is 38.2 Å². The predicted octanol–water partition coefficient (Wildman–Crippen LogP) is 4.89. The summed E-state index contributed by atoms with van der Waals surface area (Å²) in [6, 6.07) is 10.7. The number of nitrogens with zero attached hydrogens (tertiary/aromatic N) is 2. The number of amides is 2. The SMILES string of the molecule is C[C@H](C(=O)NC1CCCC1)N(Cc1cccc(Cl)c1)C(=O)CN(c1cccc(Cl)c1Cl)S(C)(=O)=O. The summed E-state index contributed by atoms with van der Waals surface area (Å²) in [5, 5.41) is 3.67. The molecule has 1 aliphatic rings. The molecular weight excluding hydrogens is 533 g/mol. The van der Waals surface area contributed by atoms with Crippen LogP contribution in [-0.4, -0.2) is 50.0 Å². The van der Waals surface area contributed by atoms with Crippen molar-refractivity contribution in [1.82, 2.24) is 10.2 Å². The van der Waals surface area contributed by atoms with Gasteiger partial charge >= 0.3 is 0 Å². The van der Waals surface area contributed by atoms with Crippen LogP contribution in [0.5, 0.6) is 0 Å². The fourth-order valence-corrected chi connectivity index (χ4v) is 5.60. The van der Waals surface area contributed by atoms with E-state index < -0.39 is 28.5 Å². The number of carbonyl (C=O) groups excluding carboxylic acids is 2. The largest absolute Gasteiger partial charge is 0.352 e. The Balaban J connectivity index is 1.91. The Morgan fingerprint density at radius 2 is 1.74 bits per heavy atom. The molecule has 1 fully saturated rings. The smallest absolute Gasteiger partial charge is 0.244 e. The normalized spacial score (nSPS) is 15.0. The number of sulfonamides is 1. The zero-order valence-electron chi connectivity index (χ0n) is 19.5. The molecule has 2 aromatic carbocycles. The van der Waals surface area contributed by atoms with Crippen molar-refractivity contribution in [3.05, 3.63) is 63.1 Å². The topological polar surface area (TPSA) is 86.8 Å². The van der Waals surface area contributed by atoms with E-state index in [1.54, 1.807) is 37.3 Å². The molecule has 0 heterocycles. The standard InChI is InChI=1S/C24H28Cl3N3O4S/c1-16(24(32)28-19-9-3-4-10-19)29(14-17-7-5-8-18(25)13-17)22(31)15-30(35(2,33)34)21-12-6-11-20(26)23(21)27/h5-8,11-13,16,19H,3-4,9-10,14-15H2,1-2H3,(H,28,32)/t16-/m1/s1. The first kappa shape index (κ1) is 27.6. The Hall–Kier alpha value is -2.00. The van der Waals surface area contributed by atoms with Crippen molar-refractivity contribution in [2.24, 2.45) is 0 Å². The fraction of sp³-hybridized carbons (Fsp3) is 0.417. The Morgan fingerprint density at radius 3 is 2.37 bits per heavy atom. The van der Waals surface area contributed by atoms with Crippen LogP contribution in [0.4, 0.5) is 5.69 Å². The van der Waals surface area contributed by atoms with Crippen molar-refractivity contribution < 1.29 is 18.0 Å². The molecule has 1 aliphatic carbocycles. The molecule has 2 amide bonds. The summed E-state index contributed by atoms with van der Waals surface area (Å²) in [6.45, 7) is 1.14. The van der Waals surface area contributed by atoms with Crippen LogP contribution in [-0.2, 0) is 26.2 Å². The van der Waals surface area contributed by atoms with Gasteiger partial charge < -0.3 is 10.2 Å². The maximum Gasteiger partial charge on any atom is 0.244 e. The van der Waals surface area contributed by atoms with E-state index in [9.17, 15) is 18.0 Å². The minimum absolute atomic E-state index is 0.0146. The molecule has 3 rings (SSSR count). The summed E-state index contributed by atoms with van der Waals surface area (Å²) in [5.41, 5.74) is 0.791.